The van der Waals surface area contributed by atoms with Crippen LogP contribution in [0.2, 0.25) is 0 Å². The monoisotopic (exact) mass is 193 g/mol. The Morgan fingerprint density at radius 1 is 1.57 bits per heavy atom. The molecule has 14 heavy (non-hydrogen) atoms. The first-order valence-corrected chi connectivity index (χ1v) is 4.03. The average Bonchev–Trinajstić information content (AvgIpc) is 2.59. The number of carbonyl (C=O) groups excluding carboxylic acids is 1. The molecular formula is C9H8FN3O. The van der Waals surface area contributed by atoms with Crippen molar-refractivity contribution in [3.63, 3.8) is 0 Å². The molecule has 2 aromatic rings. The van der Waals surface area contributed by atoms with Gasteiger partial charge in [-0.2, -0.15) is 0 Å². The minimum atomic E-state index is -0.633. The van der Waals surface area contributed by atoms with Crippen LogP contribution in [0.1, 0.15) is 10.4 Å². The van der Waals surface area contributed by atoms with E-state index < -0.39 is 12.7 Å². The van der Waals surface area contributed by atoms with Gasteiger partial charge in [0.2, 0.25) is 5.91 Å². The summed E-state index contributed by atoms with van der Waals surface area (Å²) in [4.78, 5) is 14.8. The third kappa shape index (κ3) is 1.22. The van der Waals surface area contributed by atoms with Gasteiger partial charge in [-0.15, -0.1) is 0 Å². The van der Waals surface area contributed by atoms with Crippen LogP contribution in [0, 0.1) is 0 Å². The van der Waals surface area contributed by atoms with Crippen LogP contribution in [0.15, 0.2) is 24.5 Å². The van der Waals surface area contributed by atoms with Crippen LogP contribution in [0.3, 0.4) is 0 Å². The Hall–Kier alpha value is -1.91. The van der Waals surface area contributed by atoms with Crippen molar-refractivity contribution in [1.29, 1.82) is 0 Å². The summed E-state index contributed by atoms with van der Waals surface area (Å²) in [6.07, 6.45) is 1.38. The fraction of sp³-hybridized carbons (Fsp3) is 0.111. The number of amides is 1. The van der Waals surface area contributed by atoms with Crippen molar-refractivity contribution in [3.8, 4) is 0 Å². The van der Waals surface area contributed by atoms with Crippen LogP contribution in [-0.4, -0.2) is 15.5 Å². The maximum atomic E-state index is 12.4. The van der Waals surface area contributed by atoms with Crippen molar-refractivity contribution in [3.05, 3.63) is 30.1 Å². The molecule has 5 heteroatoms. The summed E-state index contributed by atoms with van der Waals surface area (Å²) < 4.78 is 13.7. The van der Waals surface area contributed by atoms with Crippen LogP contribution in [0.4, 0.5) is 4.39 Å². The third-order valence-electron chi connectivity index (χ3n) is 2.03. The number of aromatic nitrogens is 2. The average molecular weight is 193 g/mol. The maximum Gasteiger partial charge on any atom is 0.248 e. The van der Waals surface area contributed by atoms with E-state index >= 15 is 0 Å². The molecule has 0 aliphatic carbocycles. The van der Waals surface area contributed by atoms with Crippen molar-refractivity contribution in [1.82, 2.24) is 9.55 Å². The van der Waals surface area contributed by atoms with Gasteiger partial charge in [0.1, 0.15) is 0 Å². The lowest BCUT2D eigenvalue weighted by Crippen LogP contribution is -2.10. The Labute approximate surface area is 79.1 Å². The van der Waals surface area contributed by atoms with E-state index in [0.29, 0.717) is 16.6 Å². The van der Waals surface area contributed by atoms with E-state index in [-0.39, 0.29) is 0 Å². The predicted molar refractivity (Wildman–Crippen MR) is 49.4 cm³/mol. The van der Waals surface area contributed by atoms with Gasteiger partial charge in [-0.25, -0.2) is 9.37 Å². The maximum absolute atomic E-state index is 12.4. The lowest BCUT2D eigenvalue weighted by molar-refractivity contribution is 0.100. The van der Waals surface area contributed by atoms with E-state index in [1.54, 1.807) is 18.2 Å². The molecule has 0 fully saturated rings. The second kappa shape index (κ2) is 3.10. The molecule has 0 spiro atoms. The number of halogens is 1. The molecule has 0 saturated heterocycles. The van der Waals surface area contributed by atoms with Crippen LogP contribution < -0.4 is 5.73 Å². The zero-order chi connectivity index (χ0) is 10.1. The number of benzene rings is 1. The molecule has 1 amide bonds. The lowest BCUT2D eigenvalue weighted by atomic mass is 10.2. The number of primary amides is 1. The van der Waals surface area contributed by atoms with Gasteiger partial charge in [-0.1, -0.05) is 0 Å². The SMILES string of the molecule is NC(=O)c1ccc2c(c1)ncn2CF. The van der Waals surface area contributed by atoms with Crippen molar-refractivity contribution in [2.75, 3.05) is 0 Å². The van der Waals surface area contributed by atoms with E-state index in [1.165, 1.54) is 10.9 Å². The number of rotatable bonds is 2. The summed E-state index contributed by atoms with van der Waals surface area (Å²) in [6.45, 7) is -0.633. The summed E-state index contributed by atoms with van der Waals surface area (Å²) in [5.41, 5.74) is 6.69. The first-order valence-electron chi connectivity index (χ1n) is 4.03. The highest BCUT2D eigenvalue weighted by Gasteiger charge is 2.05. The summed E-state index contributed by atoms with van der Waals surface area (Å²) in [7, 11) is 0. The van der Waals surface area contributed by atoms with E-state index in [1.807, 2.05) is 0 Å². The van der Waals surface area contributed by atoms with E-state index in [2.05, 4.69) is 4.98 Å². The number of fused-ring (bicyclic) bond motifs is 1. The first-order chi connectivity index (χ1) is 6.72. The first kappa shape index (κ1) is 8.68. The topological polar surface area (TPSA) is 60.9 Å². The van der Waals surface area contributed by atoms with Crippen LogP contribution in [0.25, 0.3) is 11.0 Å². The van der Waals surface area contributed by atoms with Gasteiger partial charge >= 0.3 is 0 Å². The Balaban J connectivity index is 2.63. The second-order valence-electron chi connectivity index (χ2n) is 2.90. The van der Waals surface area contributed by atoms with E-state index in [9.17, 15) is 9.18 Å². The number of alkyl halides is 1. The van der Waals surface area contributed by atoms with E-state index in [0.717, 1.165) is 0 Å². The Kier molecular flexibility index (Phi) is 1.92. The zero-order valence-corrected chi connectivity index (χ0v) is 7.27. The van der Waals surface area contributed by atoms with Crippen LogP contribution >= 0.6 is 0 Å². The van der Waals surface area contributed by atoms with Gasteiger partial charge in [0.25, 0.3) is 0 Å². The third-order valence-corrected chi connectivity index (χ3v) is 2.03. The number of hydrogen-bond acceptors (Lipinski definition) is 2. The molecule has 0 bridgehead atoms. The molecule has 1 heterocycles. The van der Waals surface area contributed by atoms with Crippen LogP contribution in [-0.2, 0) is 6.80 Å². The fourth-order valence-electron chi connectivity index (χ4n) is 1.31. The molecule has 0 unspecified atom stereocenters. The molecule has 0 atom stereocenters. The molecule has 2 N–H and O–H groups in total. The van der Waals surface area contributed by atoms with Crippen LogP contribution in [0.5, 0.6) is 0 Å². The minimum Gasteiger partial charge on any atom is -0.366 e. The largest absolute Gasteiger partial charge is 0.366 e. The van der Waals surface area contributed by atoms with Crippen molar-refractivity contribution in [2.24, 2.45) is 5.73 Å². The molecule has 0 radical (unpaired) electrons. The number of hydrogen-bond donors (Lipinski definition) is 1. The summed E-state index contributed by atoms with van der Waals surface area (Å²) in [5.74, 6) is -0.512. The Morgan fingerprint density at radius 3 is 3.00 bits per heavy atom. The molecule has 2 rings (SSSR count). The lowest BCUT2D eigenvalue weighted by Gasteiger charge is -1.97. The summed E-state index contributed by atoms with van der Waals surface area (Å²) in [5, 5.41) is 0. The highest BCUT2D eigenvalue weighted by atomic mass is 19.1. The Morgan fingerprint density at radius 2 is 2.36 bits per heavy atom. The zero-order valence-electron chi connectivity index (χ0n) is 7.27. The quantitative estimate of drug-likeness (QED) is 0.775. The molecular weight excluding hydrogens is 185 g/mol. The number of carbonyl (C=O) groups is 1. The second-order valence-corrected chi connectivity index (χ2v) is 2.90. The van der Waals surface area contributed by atoms with Gasteiger partial charge in [-0.05, 0) is 18.2 Å². The van der Waals surface area contributed by atoms with Gasteiger partial charge in [-0.3, -0.25) is 4.79 Å². The predicted octanol–water partition coefficient (Wildman–Crippen LogP) is 1.06. The molecule has 0 aliphatic rings. The standard InChI is InChI=1S/C9H8FN3O/c10-4-13-5-12-7-3-6(9(11)14)1-2-8(7)13/h1-3,5H,4H2,(H2,11,14). The highest BCUT2D eigenvalue weighted by Crippen LogP contribution is 2.14. The van der Waals surface area contributed by atoms with Gasteiger partial charge in [0.15, 0.2) is 6.80 Å². The molecule has 1 aromatic carbocycles. The summed E-state index contributed by atoms with van der Waals surface area (Å²) >= 11 is 0. The smallest absolute Gasteiger partial charge is 0.248 e. The highest BCUT2D eigenvalue weighted by molar-refractivity contribution is 5.96. The summed E-state index contributed by atoms with van der Waals surface area (Å²) in [6, 6.07) is 4.73. The molecule has 0 aliphatic heterocycles. The van der Waals surface area contributed by atoms with Gasteiger partial charge < -0.3 is 10.3 Å². The van der Waals surface area contributed by atoms with Gasteiger partial charge in [0.05, 0.1) is 17.4 Å². The normalized spacial score (nSPS) is 10.6. The Bertz CT molecular complexity index is 492. The van der Waals surface area contributed by atoms with Crippen molar-refractivity contribution < 1.29 is 9.18 Å². The van der Waals surface area contributed by atoms with Crippen molar-refractivity contribution in [2.45, 2.75) is 6.80 Å². The minimum absolute atomic E-state index is 0.376. The molecule has 1 aromatic heterocycles. The number of nitrogens with zero attached hydrogens (tertiary/aromatic N) is 2. The van der Waals surface area contributed by atoms with Gasteiger partial charge in [0, 0.05) is 5.56 Å². The number of nitrogens with two attached hydrogens (primary N) is 1. The number of imidazole rings is 1. The fourth-order valence-corrected chi connectivity index (χ4v) is 1.31. The van der Waals surface area contributed by atoms with E-state index in [4.69, 9.17) is 5.73 Å². The molecule has 72 valence electrons. The molecule has 0 saturated carbocycles. The molecule has 4 nitrogen and oxygen atoms in total. The van der Waals surface area contributed by atoms with Crippen molar-refractivity contribution >= 4 is 16.9 Å².